The number of carbonyl (C=O) groups excluding carboxylic acids is 2. The highest BCUT2D eigenvalue weighted by Gasteiger charge is 2.41. The predicted molar refractivity (Wildman–Crippen MR) is 92.7 cm³/mol. The van der Waals surface area contributed by atoms with Gasteiger partial charge in [-0.15, -0.1) is 0 Å². The Kier molecular flexibility index (Phi) is 4.23. The van der Waals surface area contributed by atoms with E-state index in [1.165, 1.54) is 0 Å². The van der Waals surface area contributed by atoms with Crippen molar-refractivity contribution >= 4 is 17.8 Å². The number of carbonyl (C=O) groups is 2. The summed E-state index contributed by atoms with van der Waals surface area (Å²) in [7, 11) is 0. The van der Waals surface area contributed by atoms with E-state index in [4.69, 9.17) is 4.74 Å². The number of alkyl carbamates (subject to hydrolysis) is 1. The minimum absolute atomic E-state index is 0.0790. The summed E-state index contributed by atoms with van der Waals surface area (Å²) in [6.07, 6.45) is 6.17. The number of amides is 2. The molecular formula is C18H24N4O3. The lowest BCUT2D eigenvalue weighted by atomic mass is 9.95. The molecule has 1 atom stereocenters. The molecule has 0 saturated carbocycles. The zero-order chi connectivity index (χ0) is 17.3. The predicted octanol–water partition coefficient (Wildman–Crippen LogP) is 1.79. The van der Waals surface area contributed by atoms with E-state index in [0.717, 1.165) is 64.1 Å². The first-order chi connectivity index (χ1) is 12.2. The third kappa shape index (κ3) is 3.27. The number of rotatable bonds is 2. The summed E-state index contributed by atoms with van der Waals surface area (Å²) in [6, 6.07) is 3.81. The third-order valence-electron chi connectivity index (χ3n) is 5.47. The van der Waals surface area contributed by atoms with Gasteiger partial charge in [0.2, 0.25) is 0 Å². The van der Waals surface area contributed by atoms with E-state index in [0.29, 0.717) is 12.1 Å². The second-order valence-corrected chi connectivity index (χ2v) is 7.17. The molecule has 4 heterocycles. The second kappa shape index (κ2) is 6.54. The molecular weight excluding hydrogens is 320 g/mol. The van der Waals surface area contributed by atoms with Gasteiger partial charge in [-0.3, -0.25) is 4.79 Å². The van der Waals surface area contributed by atoms with Crippen LogP contribution < -0.4 is 10.2 Å². The first-order valence-electron chi connectivity index (χ1n) is 9.12. The van der Waals surface area contributed by atoms with Crippen molar-refractivity contribution in [2.45, 2.75) is 37.7 Å². The van der Waals surface area contributed by atoms with Crippen molar-refractivity contribution in [3.63, 3.8) is 0 Å². The molecule has 25 heavy (non-hydrogen) atoms. The summed E-state index contributed by atoms with van der Waals surface area (Å²) in [5.41, 5.74) is 0.295. The van der Waals surface area contributed by atoms with Crippen molar-refractivity contribution in [3.05, 3.63) is 23.9 Å². The number of nitrogens with zero attached hydrogens (tertiary/aromatic N) is 3. The van der Waals surface area contributed by atoms with E-state index < -0.39 is 0 Å². The normalized spacial score (nSPS) is 26.5. The molecule has 7 heteroatoms. The quantitative estimate of drug-likeness (QED) is 0.885. The zero-order valence-electron chi connectivity index (χ0n) is 14.4. The smallest absolute Gasteiger partial charge is 0.407 e. The number of nitrogens with one attached hydrogen (secondary N) is 1. The Labute approximate surface area is 147 Å². The lowest BCUT2D eigenvalue weighted by molar-refractivity contribution is 0.0473. The molecule has 1 aromatic rings. The summed E-state index contributed by atoms with van der Waals surface area (Å²) in [5, 5.41) is 2.77. The lowest BCUT2D eigenvalue weighted by Crippen LogP contribution is -2.35. The van der Waals surface area contributed by atoms with Crippen molar-refractivity contribution in [2.75, 3.05) is 37.6 Å². The molecule has 0 aromatic carbocycles. The fourth-order valence-electron chi connectivity index (χ4n) is 3.98. The van der Waals surface area contributed by atoms with Gasteiger partial charge < -0.3 is 19.9 Å². The van der Waals surface area contributed by atoms with Crippen LogP contribution in [0.5, 0.6) is 0 Å². The number of hydrogen-bond donors (Lipinski definition) is 1. The van der Waals surface area contributed by atoms with Crippen molar-refractivity contribution in [1.29, 1.82) is 0 Å². The number of aromatic nitrogens is 1. The molecule has 3 saturated heterocycles. The van der Waals surface area contributed by atoms with E-state index in [9.17, 15) is 9.59 Å². The van der Waals surface area contributed by atoms with Crippen LogP contribution in [0.3, 0.4) is 0 Å². The van der Waals surface area contributed by atoms with Crippen LogP contribution in [0.2, 0.25) is 0 Å². The highest BCUT2D eigenvalue weighted by atomic mass is 16.6. The number of anilines is 1. The highest BCUT2D eigenvalue weighted by Crippen LogP contribution is 2.30. The molecule has 1 unspecified atom stereocenters. The molecule has 3 aliphatic rings. The van der Waals surface area contributed by atoms with Crippen LogP contribution in [0, 0.1) is 0 Å². The number of pyridine rings is 1. The Hall–Kier alpha value is -2.31. The van der Waals surface area contributed by atoms with Gasteiger partial charge in [0, 0.05) is 38.8 Å². The van der Waals surface area contributed by atoms with Gasteiger partial charge in [-0.1, -0.05) is 0 Å². The first-order valence-corrected chi connectivity index (χ1v) is 9.12. The van der Waals surface area contributed by atoms with Gasteiger partial charge in [-0.25, -0.2) is 9.78 Å². The SMILES string of the molecule is O=C1NCC2(CCCN(c3ccc(C(=O)N4CCCC4)cn3)CC2)O1. The summed E-state index contributed by atoms with van der Waals surface area (Å²) in [5.74, 6) is 0.961. The monoisotopic (exact) mass is 344 g/mol. The highest BCUT2D eigenvalue weighted by molar-refractivity contribution is 5.94. The molecule has 4 rings (SSSR count). The Bertz CT molecular complexity index is 657. The van der Waals surface area contributed by atoms with Crippen molar-refractivity contribution < 1.29 is 14.3 Å². The Morgan fingerprint density at radius 2 is 1.96 bits per heavy atom. The molecule has 2 amide bonds. The van der Waals surface area contributed by atoms with Crippen molar-refractivity contribution in [2.24, 2.45) is 0 Å². The summed E-state index contributed by atoms with van der Waals surface area (Å²) in [6.45, 7) is 3.96. The Morgan fingerprint density at radius 3 is 2.64 bits per heavy atom. The van der Waals surface area contributed by atoms with Crippen molar-refractivity contribution in [1.82, 2.24) is 15.2 Å². The molecule has 3 aliphatic heterocycles. The second-order valence-electron chi connectivity index (χ2n) is 7.17. The largest absolute Gasteiger partial charge is 0.441 e. The van der Waals surface area contributed by atoms with Gasteiger partial charge >= 0.3 is 6.09 Å². The van der Waals surface area contributed by atoms with Crippen LogP contribution in [-0.4, -0.2) is 60.2 Å². The minimum atomic E-state index is -0.364. The average Bonchev–Trinajstić information content (AvgIpc) is 3.23. The fourth-order valence-corrected chi connectivity index (χ4v) is 3.98. The van der Waals surface area contributed by atoms with Gasteiger partial charge in [-0.2, -0.15) is 0 Å². The van der Waals surface area contributed by atoms with Gasteiger partial charge in [0.05, 0.1) is 12.1 Å². The maximum Gasteiger partial charge on any atom is 0.407 e. The zero-order valence-corrected chi connectivity index (χ0v) is 14.4. The lowest BCUT2D eigenvalue weighted by Gasteiger charge is -2.25. The molecule has 1 aromatic heterocycles. The van der Waals surface area contributed by atoms with Crippen LogP contribution in [0.25, 0.3) is 0 Å². The molecule has 134 valence electrons. The van der Waals surface area contributed by atoms with E-state index >= 15 is 0 Å². The topological polar surface area (TPSA) is 74.8 Å². The Morgan fingerprint density at radius 1 is 1.12 bits per heavy atom. The molecule has 0 bridgehead atoms. The summed E-state index contributed by atoms with van der Waals surface area (Å²) >= 11 is 0. The average molecular weight is 344 g/mol. The molecule has 0 aliphatic carbocycles. The van der Waals surface area contributed by atoms with E-state index in [-0.39, 0.29) is 17.6 Å². The van der Waals surface area contributed by atoms with E-state index in [1.807, 2.05) is 17.0 Å². The van der Waals surface area contributed by atoms with E-state index in [2.05, 4.69) is 15.2 Å². The first kappa shape index (κ1) is 16.2. The van der Waals surface area contributed by atoms with Crippen LogP contribution in [0.1, 0.15) is 42.5 Å². The molecule has 1 N–H and O–H groups in total. The van der Waals surface area contributed by atoms with Gasteiger partial charge in [-0.05, 0) is 37.8 Å². The standard InChI is InChI=1S/C18H24N4O3/c23-16(22-8-1-2-9-22)14-4-5-15(19-12-14)21-10-3-6-18(7-11-21)13-20-17(24)25-18/h4-5,12H,1-3,6-11,13H2,(H,20,24). The van der Waals surface area contributed by atoms with Crippen LogP contribution in [-0.2, 0) is 4.74 Å². The van der Waals surface area contributed by atoms with Crippen molar-refractivity contribution in [3.8, 4) is 0 Å². The maximum atomic E-state index is 12.4. The van der Waals surface area contributed by atoms with Crippen LogP contribution >= 0.6 is 0 Å². The van der Waals surface area contributed by atoms with Crippen LogP contribution in [0.4, 0.5) is 10.6 Å². The third-order valence-corrected chi connectivity index (χ3v) is 5.47. The Balaban J connectivity index is 1.41. The van der Waals surface area contributed by atoms with Gasteiger partial charge in [0.1, 0.15) is 11.4 Å². The fraction of sp³-hybridized carbons (Fsp3) is 0.611. The summed E-state index contributed by atoms with van der Waals surface area (Å²) in [4.78, 5) is 32.4. The van der Waals surface area contributed by atoms with Gasteiger partial charge in [0.25, 0.3) is 5.91 Å². The molecule has 0 radical (unpaired) electrons. The number of likely N-dealkylation sites (tertiary alicyclic amines) is 1. The molecule has 3 fully saturated rings. The molecule has 7 nitrogen and oxygen atoms in total. The number of ether oxygens (including phenoxy) is 1. The van der Waals surface area contributed by atoms with Gasteiger partial charge in [0.15, 0.2) is 0 Å². The van der Waals surface area contributed by atoms with E-state index in [1.54, 1.807) is 6.20 Å². The minimum Gasteiger partial charge on any atom is -0.441 e. The van der Waals surface area contributed by atoms with Crippen LogP contribution in [0.15, 0.2) is 18.3 Å². The molecule has 1 spiro atoms. The summed E-state index contributed by atoms with van der Waals surface area (Å²) < 4.78 is 5.51. The maximum absolute atomic E-state index is 12.4. The number of hydrogen-bond acceptors (Lipinski definition) is 5.